The Morgan fingerprint density at radius 3 is 2.88 bits per heavy atom. The van der Waals surface area contributed by atoms with E-state index in [0.29, 0.717) is 0 Å². The number of hydrogen-bond donors (Lipinski definition) is 1. The molecule has 1 unspecified atom stereocenters. The van der Waals surface area contributed by atoms with Crippen LogP contribution in [0.5, 0.6) is 0 Å². The van der Waals surface area contributed by atoms with E-state index in [1.54, 1.807) is 18.4 Å². The molecule has 2 aromatic rings. The van der Waals surface area contributed by atoms with E-state index in [2.05, 4.69) is 5.32 Å². The Balaban J connectivity index is 1.80. The summed E-state index contributed by atoms with van der Waals surface area (Å²) in [5.41, 5.74) is 1.00. The topological polar surface area (TPSA) is 25.2 Å². The smallest absolute Gasteiger partial charge is 0.123 e. The first kappa shape index (κ1) is 11.9. The Bertz CT molecular complexity index is 453. The molecule has 0 aliphatic rings. The standard InChI is InChI=1S/C14H16FNO/c1-11(14-6-3-9-17-14)16-8-7-12-4-2-5-13(15)10-12/h2-6,9-11,16H,7-8H2,1H3. The lowest BCUT2D eigenvalue weighted by atomic mass is 10.1. The number of rotatable bonds is 5. The van der Waals surface area contributed by atoms with E-state index in [1.165, 1.54) is 6.07 Å². The number of nitrogens with one attached hydrogen (secondary N) is 1. The highest BCUT2D eigenvalue weighted by Crippen LogP contribution is 2.12. The van der Waals surface area contributed by atoms with Crippen molar-refractivity contribution in [2.75, 3.05) is 6.54 Å². The maximum Gasteiger partial charge on any atom is 0.123 e. The SMILES string of the molecule is CC(NCCc1cccc(F)c1)c1ccco1. The quantitative estimate of drug-likeness (QED) is 0.857. The van der Waals surface area contributed by atoms with Gasteiger partial charge < -0.3 is 9.73 Å². The predicted molar refractivity (Wildman–Crippen MR) is 65.2 cm³/mol. The van der Waals surface area contributed by atoms with Crippen molar-refractivity contribution in [3.8, 4) is 0 Å². The number of halogens is 1. The summed E-state index contributed by atoms with van der Waals surface area (Å²) in [5, 5.41) is 3.34. The van der Waals surface area contributed by atoms with Crippen LogP contribution < -0.4 is 5.32 Å². The zero-order chi connectivity index (χ0) is 12.1. The summed E-state index contributed by atoms with van der Waals surface area (Å²) in [6, 6.07) is 10.7. The molecule has 0 saturated carbocycles. The van der Waals surface area contributed by atoms with E-state index >= 15 is 0 Å². The fraction of sp³-hybridized carbons (Fsp3) is 0.286. The highest BCUT2D eigenvalue weighted by Gasteiger charge is 2.06. The highest BCUT2D eigenvalue weighted by molar-refractivity contribution is 5.16. The Labute approximate surface area is 100 Å². The Hall–Kier alpha value is -1.61. The lowest BCUT2D eigenvalue weighted by molar-refractivity contribution is 0.432. The van der Waals surface area contributed by atoms with Gasteiger partial charge in [0.05, 0.1) is 12.3 Å². The fourth-order valence-corrected chi connectivity index (χ4v) is 1.76. The molecule has 1 aromatic heterocycles. The van der Waals surface area contributed by atoms with Gasteiger partial charge in [0, 0.05) is 0 Å². The molecule has 2 nitrogen and oxygen atoms in total. The minimum atomic E-state index is -0.179. The molecule has 0 fully saturated rings. The summed E-state index contributed by atoms with van der Waals surface area (Å²) in [7, 11) is 0. The van der Waals surface area contributed by atoms with Crippen molar-refractivity contribution in [1.82, 2.24) is 5.32 Å². The normalized spacial score (nSPS) is 12.6. The van der Waals surface area contributed by atoms with Gasteiger partial charge in [-0.25, -0.2) is 4.39 Å². The molecular weight excluding hydrogens is 217 g/mol. The van der Waals surface area contributed by atoms with Crippen LogP contribution in [0.2, 0.25) is 0 Å². The number of hydrogen-bond acceptors (Lipinski definition) is 2. The second-order valence-corrected chi connectivity index (χ2v) is 4.07. The Kier molecular flexibility index (Phi) is 3.94. The average molecular weight is 233 g/mol. The number of furan rings is 1. The summed E-state index contributed by atoms with van der Waals surface area (Å²) in [4.78, 5) is 0. The molecule has 90 valence electrons. The van der Waals surface area contributed by atoms with Crippen LogP contribution >= 0.6 is 0 Å². The van der Waals surface area contributed by atoms with Crippen molar-refractivity contribution in [3.05, 3.63) is 59.8 Å². The van der Waals surface area contributed by atoms with Crippen LogP contribution in [0.3, 0.4) is 0 Å². The third-order valence-electron chi connectivity index (χ3n) is 2.72. The van der Waals surface area contributed by atoms with E-state index in [0.717, 1.165) is 24.3 Å². The third-order valence-corrected chi connectivity index (χ3v) is 2.72. The van der Waals surface area contributed by atoms with Crippen LogP contribution in [-0.2, 0) is 6.42 Å². The summed E-state index contributed by atoms with van der Waals surface area (Å²) >= 11 is 0. The van der Waals surface area contributed by atoms with E-state index in [1.807, 2.05) is 25.1 Å². The molecule has 1 heterocycles. The predicted octanol–water partition coefficient (Wildman–Crippen LogP) is 3.31. The lowest BCUT2D eigenvalue weighted by Crippen LogP contribution is -2.20. The van der Waals surface area contributed by atoms with Crippen molar-refractivity contribution in [2.24, 2.45) is 0 Å². The van der Waals surface area contributed by atoms with Crippen molar-refractivity contribution < 1.29 is 8.81 Å². The molecular formula is C14H16FNO. The van der Waals surface area contributed by atoms with Crippen molar-refractivity contribution >= 4 is 0 Å². The molecule has 2 rings (SSSR count). The summed E-state index contributed by atoms with van der Waals surface area (Å²) in [6.45, 7) is 2.84. The number of benzene rings is 1. The van der Waals surface area contributed by atoms with Gasteiger partial charge in [-0.3, -0.25) is 0 Å². The Morgan fingerprint density at radius 1 is 1.29 bits per heavy atom. The van der Waals surface area contributed by atoms with Gasteiger partial charge in [-0.1, -0.05) is 12.1 Å². The monoisotopic (exact) mass is 233 g/mol. The summed E-state index contributed by atoms with van der Waals surface area (Å²) in [5.74, 6) is 0.742. The molecule has 0 bridgehead atoms. The minimum absolute atomic E-state index is 0.179. The average Bonchev–Trinajstić information content (AvgIpc) is 2.82. The first-order valence-electron chi connectivity index (χ1n) is 5.77. The van der Waals surface area contributed by atoms with Gasteiger partial charge in [-0.15, -0.1) is 0 Å². The van der Waals surface area contributed by atoms with Gasteiger partial charge in [0.2, 0.25) is 0 Å². The molecule has 1 aromatic carbocycles. The van der Waals surface area contributed by atoms with Crippen molar-refractivity contribution in [3.63, 3.8) is 0 Å². The first-order chi connectivity index (χ1) is 8.25. The van der Waals surface area contributed by atoms with Gasteiger partial charge in [-0.05, 0) is 49.7 Å². The van der Waals surface area contributed by atoms with Crippen LogP contribution in [0.25, 0.3) is 0 Å². The van der Waals surface area contributed by atoms with Gasteiger partial charge in [0.15, 0.2) is 0 Å². The fourth-order valence-electron chi connectivity index (χ4n) is 1.76. The molecule has 17 heavy (non-hydrogen) atoms. The molecule has 0 aliphatic carbocycles. The summed E-state index contributed by atoms with van der Waals surface area (Å²) < 4.78 is 18.2. The maximum atomic E-state index is 12.9. The van der Waals surface area contributed by atoms with Crippen LogP contribution in [0.4, 0.5) is 4.39 Å². The van der Waals surface area contributed by atoms with Crippen LogP contribution in [0.15, 0.2) is 47.1 Å². The molecule has 1 atom stereocenters. The van der Waals surface area contributed by atoms with Crippen molar-refractivity contribution in [2.45, 2.75) is 19.4 Å². The van der Waals surface area contributed by atoms with Gasteiger partial charge in [0.1, 0.15) is 11.6 Å². The third kappa shape index (κ3) is 3.43. The molecule has 0 aliphatic heterocycles. The van der Waals surface area contributed by atoms with Gasteiger partial charge in [0.25, 0.3) is 0 Å². The molecule has 0 amide bonds. The largest absolute Gasteiger partial charge is 0.468 e. The van der Waals surface area contributed by atoms with E-state index < -0.39 is 0 Å². The van der Waals surface area contributed by atoms with Gasteiger partial charge >= 0.3 is 0 Å². The zero-order valence-electron chi connectivity index (χ0n) is 9.82. The van der Waals surface area contributed by atoms with Crippen LogP contribution in [0.1, 0.15) is 24.3 Å². The lowest BCUT2D eigenvalue weighted by Gasteiger charge is -2.11. The van der Waals surface area contributed by atoms with Crippen molar-refractivity contribution in [1.29, 1.82) is 0 Å². The van der Waals surface area contributed by atoms with Crippen LogP contribution in [-0.4, -0.2) is 6.54 Å². The van der Waals surface area contributed by atoms with E-state index in [-0.39, 0.29) is 11.9 Å². The summed E-state index contributed by atoms with van der Waals surface area (Å²) in [6.07, 6.45) is 2.48. The zero-order valence-corrected chi connectivity index (χ0v) is 9.82. The van der Waals surface area contributed by atoms with E-state index in [4.69, 9.17) is 4.42 Å². The first-order valence-corrected chi connectivity index (χ1v) is 5.77. The molecule has 0 saturated heterocycles. The molecule has 1 N–H and O–H groups in total. The minimum Gasteiger partial charge on any atom is -0.468 e. The molecule has 0 radical (unpaired) electrons. The Morgan fingerprint density at radius 2 is 2.18 bits per heavy atom. The second kappa shape index (κ2) is 5.64. The second-order valence-electron chi connectivity index (χ2n) is 4.07. The van der Waals surface area contributed by atoms with E-state index in [9.17, 15) is 4.39 Å². The molecule has 0 spiro atoms. The maximum absolute atomic E-state index is 12.9. The highest BCUT2D eigenvalue weighted by atomic mass is 19.1. The molecule has 3 heteroatoms. The van der Waals surface area contributed by atoms with Gasteiger partial charge in [-0.2, -0.15) is 0 Å². The van der Waals surface area contributed by atoms with Crippen LogP contribution in [0, 0.1) is 5.82 Å².